The summed E-state index contributed by atoms with van der Waals surface area (Å²) in [5.74, 6) is 1.07. The summed E-state index contributed by atoms with van der Waals surface area (Å²) in [6.45, 7) is 0. The number of allylic oxidation sites excluding steroid dienone is 5. The molecule has 45 heavy (non-hydrogen) atoms. The van der Waals surface area contributed by atoms with Gasteiger partial charge in [-0.3, -0.25) is 4.57 Å². The van der Waals surface area contributed by atoms with Crippen LogP contribution in [0, 0.1) is 0 Å². The number of hydrogen-bond donors (Lipinski definition) is 0. The fourth-order valence-corrected chi connectivity index (χ4v) is 7.67. The lowest BCUT2D eigenvalue weighted by Crippen LogP contribution is -2.11. The highest BCUT2D eigenvalue weighted by Gasteiger charge is 2.25. The lowest BCUT2D eigenvalue weighted by atomic mass is 9.77. The van der Waals surface area contributed by atoms with E-state index >= 15 is 0 Å². The molecule has 1 unspecified atom stereocenters. The van der Waals surface area contributed by atoms with Gasteiger partial charge < -0.3 is 0 Å². The Balaban J connectivity index is 1.26. The second kappa shape index (κ2) is 9.35. The third kappa shape index (κ3) is 3.58. The van der Waals surface area contributed by atoms with Crippen molar-refractivity contribution >= 4 is 65.9 Å². The first kappa shape index (κ1) is 24.6. The Kier molecular flexibility index (Phi) is 5.11. The van der Waals surface area contributed by atoms with E-state index in [9.17, 15) is 0 Å². The van der Waals surface area contributed by atoms with E-state index in [2.05, 4.69) is 150 Å². The smallest absolute Gasteiger partial charge is 0.235 e. The van der Waals surface area contributed by atoms with Gasteiger partial charge in [0.15, 0.2) is 0 Å². The third-order valence-electron chi connectivity index (χ3n) is 9.74. The molecule has 6 aromatic carbocycles. The number of nitrogens with zero attached hydrogens (tertiary/aromatic N) is 3. The van der Waals surface area contributed by atoms with Crippen LogP contribution >= 0.6 is 0 Å². The van der Waals surface area contributed by atoms with E-state index < -0.39 is 0 Å². The van der Waals surface area contributed by atoms with E-state index in [1.54, 1.807) is 0 Å². The normalized spacial score (nSPS) is 15.9. The molecule has 0 amide bonds. The molecule has 2 aromatic heterocycles. The van der Waals surface area contributed by atoms with Crippen LogP contribution in [-0.4, -0.2) is 14.5 Å². The molecule has 3 nitrogen and oxygen atoms in total. The molecule has 210 valence electrons. The topological polar surface area (TPSA) is 30.7 Å². The summed E-state index contributed by atoms with van der Waals surface area (Å²) in [6.07, 6.45) is 10.2. The summed E-state index contributed by atoms with van der Waals surface area (Å²) in [5, 5.41) is 8.50. The molecule has 2 aliphatic carbocycles. The molecule has 3 heteroatoms. The number of aromatic nitrogens is 3. The molecule has 0 aliphatic heterocycles. The molecule has 0 radical (unpaired) electrons. The zero-order valence-corrected chi connectivity index (χ0v) is 24.5. The molecule has 0 fully saturated rings. The lowest BCUT2D eigenvalue weighted by molar-refractivity contribution is 0.813. The van der Waals surface area contributed by atoms with Gasteiger partial charge in [-0.15, -0.1) is 0 Å². The summed E-state index contributed by atoms with van der Waals surface area (Å²) < 4.78 is 2.27. The van der Waals surface area contributed by atoms with Crippen molar-refractivity contribution in [3.05, 3.63) is 162 Å². The standard InChI is InChI=1S/C42H27N3/c1-4-12-31-26(9-1)17-18-29-25-30(19-22-32(29)31)41-35-15-7-8-16-36(35)43-42(44-41)45-37-23-20-27-10-2-5-13-33(27)39(37)40-34-14-6-3-11-28(34)21-24-38(40)45/h1-21,23-25,32H,22H2. The zero-order valence-electron chi connectivity index (χ0n) is 24.5. The van der Waals surface area contributed by atoms with Gasteiger partial charge in [-0.25, -0.2) is 9.97 Å². The molecule has 0 saturated heterocycles. The van der Waals surface area contributed by atoms with Crippen LogP contribution in [0.4, 0.5) is 0 Å². The third-order valence-corrected chi connectivity index (χ3v) is 9.74. The predicted octanol–water partition coefficient (Wildman–Crippen LogP) is 10.6. The maximum absolute atomic E-state index is 5.42. The van der Waals surface area contributed by atoms with Crippen LogP contribution < -0.4 is 0 Å². The Bertz CT molecular complexity index is 2540. The van der Waals surface area contributed by atoms with Crippen molar-refractivity contribution in [1.82, 2.24) is 14.5 Å². The van der Waals surface area contributed by atoms with Crippen LogP contribution in [0.3, 0.4) is 0 Å². The highest BCUT2D eigenvalue weighted by atomic mass is 15.2. The first-order chi connectivity index (χ1) is 22.3. The van der Waals surface area contributed by atoms with E-state index in [1.807, 2.05) is 0 Å². The fraction of sp³-hybridized carbons (Fsp3) is 0.0476. The van der Waals surface area contributed by atoms with E-state index in [0.717, 1.165) is 39.6 Å². The number of benzene rings is 6. The molecule has 0 spiro atoms. The van der Waals surface area contributed by atoms with Crippen LogP contribution in [-0.2, 0) is 0 Å². The van der Waals surface area contributed by atoms with Crippen LogP contribution in [0.15, 0.2) is 145 Å². The molecule has 0 saturated carbocycles. The highest BCUT2D eigenvalue weighted by Crippen LogP contribution is 2.43. The monoisotopic (exact) mass is 573 g/mol. The van der Waals surface area contributed by atoms with Gasteiger partial charge in [0.1, 0.15) is 0 Å². The summed E-state index contributed by atoms with van der Waals surface area (Å²) in [4.78, 5) is 10.7. The maximum atomic E-state index is 5.42. The Morgan fingerprint density at radius 3 is 1.98 bits per heavy atom. The van der Waals surface area contributed by atoms with Gasteiger partial charge in [-0.2, -0.15) is 0 Å². The molecule has 8 aromatic rings. The van der Waals surface area contributed by atoms with Crippen molar-refractivity contribution in [2.24, 2.45) is 0 Å². The molecular formula is C42H27N3. The zero-order chi connectivity index (χ0) is 29.5. The minimum atomic E-state index is 0.376. The average molecular weight is 574 g/mol. The second-order valence-corrected chi connectivity index (χ2v) is 12.1. The van der Waals surface area contributed by atoms with Gasteiger partial charge in [0.05, 0.1) is 22.2 Å². The number of para-hydroxylation sites is 1. The second-order valence-electron chi connectivity index (χ2n) is 12.1. The number of rotatable bonds is 2. The van der Waals surface area contributed by atoms with Crippen LogP contribution in [0.1, 0.15) is 29.2 Å². The Morgan fingerprint density at radius 2 is 1.22 bits per heavy atom. The van der Waals surface area contributed by atoms with Crippen LogP contribution in [0.2, 0.25) is 0 Å². The minimum absolute atomic E-state index is 0.376. The largest absolute Gasteiger partial charge is 0.278 e. The van der Waals surface area contributed by atoms with E-state index in [-0.39, 0.29) is 0 Å². The van der Waals surface area contributed by atoms with Crippen molar-refractivity contribution in [2.45, 2.75) is 12.3 Å². The summed E-state index contributed by atoms with van der Waals surface area (Å²) >= 11 is 0. The minimum Gasteiger partial charge on any atom is -0.278 e. The lowest BCUT2D eigenvalue weighted by Gasteiger charge is -2.27. The van der Waals surface area contributed by atoms with Gasteiger partial charge in [0, 0.05) is 22.1 Å². The summed E-state index contributed by atoms with van der Waals surface area (Å²) in [7, 11) is 0. The van der Waals surface area contributed by atoms with Gasteiger partial charge in [-0.05, 0) is 74.5 Å². The van der Waals surface area contributed by atoms with Crippen molar-refractivity contribution in [1.29, 1.82) is 0 Å². The Morgan fingerprint density at radius 1 is 0.578 bits per heavy atom. The highest BCUT2D eigenvalue weighted by molar-refractivity contribution is 6.28. The molecule has 2 heterocycles. The fourth-order valence-electron chi connectivity index (χ4n) is 7.67. The summed E-state index contributed by atoms with van der Waals surface area (Å²) in [6, 6.07) is 43.4. The van der Waals surface area contributed by atoms with E-state index in [4.69, 9.17) is 9.97 Å². The maximum Gasteiger partial charge on any atom is 0.235 e. The van der Waals surface area contributed by atoms with E-state index in [0.29, 0.717) is 11.9 Å². The SMILES string of the molecule is C1=Cc2ccccc2C2CC=C(c3nc(-n4c5ccc6ccccc6c5c5c6ccccc6ccc54)nc4ccccc34)C=C12. The first-order valence-corrected chi connectivity index (χ1v) is 15.6. The van der Waals surface area contributed by atoms with Crippen LogP contribution in [0.5, 0.6) is 0 Å². The molecule has 10 rings (SSSR count). The van der Waals surface area contributed by atoms with Crippen molar-refractivity contribution < 1.29 is 0 Å². The van der Waals surface area contributed by atoms with Crippen molar-refractivity contribution in [2.75, 3.05) is 0 Å². The summed E-state index contributed by atoms with van der Waals surface area (Å²) in [5.41, 5.74) is 9.36. The number of fused-ring (bicyclic) bond motifs is 11. The molecule has 2 aliphatic rings. The van der Waals surface area contributed by atoms with E-state index in [1.165, 1.54) is 49.0 Å². The van der Waals surface area contributed by atoms with Crippen molar-refractivity contribution in [3.8, 4) is 5.95 Å². The van der Waals surface area contributed by atoms with Gasteiger partial charge >= 0.3 is 0 Å². The molecular weight excluding hydrogens is 546 g/mol. The Hall–Kier alpha value is -5.80. The molecule has 0 N–H and O–H groups in total. The van der Waals surface area contributed by atoms with Crippen LogP contribution in [0.25, 0.3) is 71.9 Å². The van der Waals surface area contributed by atoms with Gasteiger partial charge in [0.2, 0.25) is 5.95 Å². The first-order valence-electron chi connectivity index (χ1n) is 15.6. The van der Waals surface area contributed by atoms with Gasteiger partial charge in [0.25, 0.3) is 0 Å². The molecule has 0 bridgehead atoms. The Labute approximate surface area is 260 Å². The average Bonchev–Trinajstić information content (AvgIpc) is 3.46. The van der Waals surface area contributed by atoms with Crippen molar-refractivity contribution in [3.63, 3.8) is 0 Å². The quantitative estimate of drug-likeness (QED) is 0.206. The van der Waals surface area contributed by atoms with Gasteiger partial charge in [-0.1, -0.05) is 121 Å². The number of hydrogen-bond acceptors (Lipinski definition) is 2. The predicted molar refractivity (Wildman–Crippen MR) is 188 cm³/mol. The molecule has 1 atom stereocenters.